The number of hydrogen-bond donors (Lipinski definition) is 2. The van der Waals surface area contributed by atoms with Gasteiger partial charge < -0.3 is 10.4 Å². The normalized spacial score (nSPS) is 13.5. The molecule has 0 aromatic rings. The second-order valence-electron chi connectivity index (χ2n) is 6.59. The summed E-state index contributed by atoms with van der Waals surface area (Å²) in [4.78, 5) is 11.3. The Morgan fingerprint density at radius 1 is 0.923 bits per heavy atom. The Balaban J connectivity index is 3.60. The highest BCUT2D eigenvalue weighted by Gasteiger charge is 1.97. The lowest BCUT2D eigenvalue weighted by Gasteiger charge is -2.00. The van der Waals surface area contributed by atoms with Gasteiger partial charge in [0.25, 0.3) is 0 Å². The Kier molecular flexibility index (Phi) is 18.5. The molecule has 0 aliphatic rings. The number of aliphatic hydroxyl groups is 1. The molecule has 0 saturated carbocycles. The maximum Gasteiger partial charge on any atom is 0.220 e. The van der Waals surface area contributed by atoms with Gasteiger partial charge in [-0.3, -0.25) is 4.79 Å². The third kappa shape index (κ3) is 18.7. The second kappa shape index (κ2) is 19.7. The van der Waals surface area contributed by atoms with Crippen LogP contribution in [0.5, 0.6) is 0 Å². The number of rotatable bonds is 16. The minimum atomic E-state index is 0.00181. The van der Waals surface area contributed by atoms with Crippen molar-refractivity contribution in [3.05, 3.63) is 48.6 Å². The fourth-order valence-electron chi connectivity index (χ4n) is 2.41. The summed E-state index contributed by atoms with van der Waals surface area (Å²) < 4.78 is 0. The fourth-order valence-corrected chi connectivity index (χ4v) is 2.41. The second-order valence-corrected chi connectivity index (χ2v) is 6.59. The van der Waals surface area contributed by atoms with E-state index in [2.05, 4.69) is 67.8 Å². The molecule has 0 aromatic heterocycles. The molecule has 3 nitrogen and oxygen atoms in total. The molecule has 0 aromatic carbocycles. The lowest BCUT2D eigenvalue weighted by Crippen LogP contribution is -2.25. The fraction of sp³-hybridized carbons (Fsp3) is 0.609. The number of allylic oxidation sites excluding steroid dienone is 8. The van der Waals surface area contributed by atoms with Crippen LogP contribution in [0.4, 0.5) is 0 Å². The first-order valence-corrected chi connectivity index (χ1v) is 10.2. The van der Waals surface area contributed by atoms with Gasteiger partial charge in [-0.05, 0) is 44.4 Å². The number of amides is 1. The van der Waals surface area contributed by atoms with Crippen molar-refractivity contribution in [3.63, 3.8) is 0 Å². The summed E-state index contributed by atoms with van der Waals surface area (Å²) >= 11 is 0. The summed E-state index contributed by atoms with van der Waals surface area (Å²) in [6.45, 7) is 4.81. The van der Waals surface area contributed by atoms with Crippen molar-refractivity contribution in [3.8, 4) is 0 Å². The van der Waals surface area contributed by atoms with Gasteiger partial charge in [-0.1, -0.05) is 75.3 Å². The van der Waals surface area contributed by atoms with Crippen molar-refractivity contribution in [1.82, 2.24) is 5.32 Å². The molecule has 2 N–H and O–H groups in total. The largest absolute Gasteiger partial charge is 0.395 e. The Morgan fingerprint density at radius 3 is 2.31 bits per heavy atom. The van der Waals surface area contributed by atoms with Crippen molar-refractivity contribution in [2.75, 3.05) is 13.2 Å². The molecular weight excluding hydrogens is 322 g/mol. The minimum Gasteiger partial charge on any atom is -0.395 e. The predicted molar refractivity (Wildman–Crippen MR) is 113 cm³/mol. The van der Waals surface area contributed by atoms with Gasteiger partial charge in [0.2, 0.25) is 5.91 Å². The number of hydrogen-bond acceptors (Lipinski definition) is 2. The van der Waals surface area contributed by atoms with Gasteiger partial charge in [0.15, 0.2) is 0 Å². The summed E-state index contributed by atoms with van der Waals surface area (Å²) in [7, 11) is 0. The van der Waals surface area contributed by atoms with Gasteiger partial charge in [-0.15, -0.1) is 0 Å². The lowest BCUT2D eigenvalue weighted by molar-refractivity contribution is -0.121. The first-order valence-electron chi connectivity index (χ1n) is 10.2. The van der Waals surface area contributed by atoms with Crippen molar-refractivity contribution in [2.45, 2.75) is 71.6 Å². The van der Waals surface area contributed by atoms with E-state index in [1.807, 2.05) is 0 Å². The topological polar surface area (TPSA) is 49.3 Å². The number of aliphatic hydroxyl groups excluding tert-OH is 1. The molecule has 0 rings (SSSR count). The highest BCUT2D eigenvalue weighted by molar-refractivity contribution is 5.75. The standard InChI is InChI=1S/C23H39NO2/c1-3-4-5-11-14-17-22(2)18-15-12-9-7-6-8-10-13-16-19-23(26)24-20-21-25/h7-10,14-15,17-18,22,25H,3-6,11-13,16,19-21H2,1-2H3,(H,24,26)/b9-7-,10-8-,17-14-,18-15-. The molecule has 0 saturated heterocycles. The van der Waals surface area contributed by atoms with Crippen LogP contribution in [-0.4, -0.2) is 24.2 Å². The van der Waals surface area contributed by atoms with Crippen LogP contribution in [0.15, 0.2) is 48.6 Å². The zero-order valence-electron chi connectivity index (χ0n) is 16.8. The van der Waals surface area contributed by atoms with E-state index in [1.54, 1.807) is 0 Å². The first-order chi connectivity index (χ1) is 12.7. The summed E-state index contributed by atoms with van der Waals surface area (Å²) in [5.41, 5.74) is 0. The maximum atomic E-state index is 11.3. The molecule has 3 heteroatoms. The quantitative estimate of drug-likeness (QED) is 0.282. The molecule has 0 spiro atoms. The van der Waals surface area contributed by atoms with E-state index in [4.69, 9.17) is 5.11 Å². The first kappa shape index (κ1) is 24.4. The summed E-state index contributed by atoms with van der Waals surface area (Å²) in [5, 5.41) is 11.3. The SMILES string of the molecule is CCCCC/C=C\C(C)/C=C\C/C=C\C/C=C\CCCC(=O)NCCO. The number of nitrogens with one attached hydrogen (secondary N) is 1. The van der Waals surface area contributed by atoms with Crippen LogP contribution < -0.4 is 5.32 Å². The monoisotopic (exact) mass is 361 g/mol. The van der Waals surface area contributed by atoms with Gasteiger partial charge in [-0.25, -0.2) is 0 Å². The zero-order chi connectivity index (χ0) is 19.3. The van der Waals surface area contributed by atoms with E-state index in [-0.39, 0.29) is 12.5 Å². The molecule has 26 heavy (non-hydrogen) atoms. The highest BCUT2D eigenvalue weighted by Crippen LogP contribution is 2.05. The molecule has 0 radical (unpaired) electrons. The van der Waals surface area contributed by atoms with Crippen molar-refractivity contribution in [1.29, 1.82) is 0 Å². The van der Waals surface area contributed by atoms with Crippen LogP contribution in [0, 0.1) is 5.92 Å². The third-order valence-corrected chi connectivity index (χ3v) is 3.94. The third-order valence-electron chi connectivity index (χ3n) is 3.94. The number of unbranched alkanes of at least 4 members (excludes halogenated alkanes) is 4. The molecule has 1 amide bonds. The van der Waals surface area contributed by atoms with Crippen LogP contribution in [0.2, 0.25) is 0 Å². The van der Waals surface area contributed by atoms with Crippen LogP contribution in [0.3, 0.4) is 0 Å². The van der Waals surface area contributed by atoms with Crippen molar-refractivity contribution in [2.24, 2.45) is 5.92 Å². The van der Waals surface area contributed by atoms with Crippen molar-refractivity contribution < 1.29 is 9.90 Å². The summed E-state index contributed by atoms with van der Waals surface area (Å²) in [5.74, 6) is 0.531. The van der Waals surface area contributed by atoms with E-state index in [9.17, 15) is 4.79 Å². The van der Waals surface area contributed by atoms with Gasteiger partial charge in [0.1, 0.15) is 0 Å². The zero-order valence-corrected chi connectivity index (χ0v) is 16.8. The molecule has 0 bridgehead atoms. The van der Waals surface area contributed by atoms with E-state index in [0.717, 1.165) is 25.7 Å². The average molecular weight is 362 g/mol. The Hall–Kier alpha value is -1.61. The Bertz CT molecular complexity index is 435. The highest BCUT2D eigenvalue weighted by atomic mass is 16.3. The van der Waals surface area contributed by atoms with Crippen LogP contribution in [0.25, 0.3) is 0 Å². The number of carbonyl (C=O) groups excluding carboxylic acids is 1. The van der Waals surface area contributed by atoms with Crippen LogP contribution in [0.1, 0.15) is 71.6 Å². The lowest BCUT2D eigenvalue weighted by atomic mass is 10.1. The van der Waals surface area contributed by atoms with Gasteiger partial charge >= 0.3 is 0 Å². The van der Waals surface area contributed by atoms with Crippen LogP contribution in [-0.2, 0) is 4.79 Å². The molecule has 1 atom stereocenters. The number of carbonyl (C=O) groups is 1. The van der Waals surface area contributed by atoms with E-state index in [0.29, 0.717) is 18.9 Å². The van der Waals surface area contributed by atoms with E-state index in [1.165, 1.54) is 25.7 Å². The molecule has 0 heterocycles. The molecule has 0 aliphatic carbocycles. The Labute approximate surface area is 161 Å². The van der Waals surface area contributed by atoms with E-state index < -0.39 is 0 Å². The summed E-state index contributed by atoms with van der Waals surface area (Å²) in [6, 6.07) is 0. The van der Waals surface area contributed by atoms with Gasteiger partial charge in [0, 0.05) is 13.0 Å². The molecule has 1 unspecified atom stereocenters. The molecule has 148 valence electrons. The molecular formula is C23H39NO2. The molecule has 0 aliphatic heterocycles. The maximum absolute atomic E-state index is 11.3. The smallest absolute Gasteiger partial charge is 0.220 e. The minimum absolute atomic E-state index is 0.00181. The van der Waals surface area contributed by atoms with Gasteiger partial charge in [0.05, 0.1) is 6.61 Å². The van der Waals surface area contributed by atoms with E-state index >= 15 is 0 Å². The Morgan fingerprint density at radius 2 is 1.58 bits per heavy atom. The van der Waals surface area contributed by atoms with Gasteiger partial charge in [-0.2, -0.15) is 0 Å². The summed E-state index contributed by atoms with van der Waals surface area (Å²) in [6.07, 6.45) is 27.1. The van der Waals surface area contributed by atoms with Crippen molar-refractivity contribution >= 4 is 5.91 Å². The van der Waals surface area contributed by atoms with Crippen LogP contribution >= 0.6 is 0 Å². The molecule has 0 fully saturated rings. The predicted octanol–water partition coefficient (Wildman–Crippen LogP) is 5.49. The average Bonchev–Trinajstić information content (AvgIpc) is 2.64.